The van der Waals surface area contributed by atoms with E-state index in [1.54, 1.807) is 24.7 Å². The van der Waals surface area contributed by atoms with Crippen LogP contribution >= 0.6 is 0 Å². The number of pyridine rings is 2. The second kappa shape index (κ2) is 4.09. The summed E-state index contributed by atoms with van der Waals surface area (Å²) in [5.41, 5.74) is 2.03. The van der Waals surface area contributed by atoms with Gasteiger partial charge in [-0.3, -0.25) is 9.78 Å². The van der Waals surface area contributed by atoms with Crippen LogP contribution in [0.2, 0.25) is 0 Å². The summed E-state index contributed by atoms with van der Waals surface area (Å²) in [7, 11) is 0. The van der Waals surface area contributed by atoms with Gasteiger partial charge in [-0.15, -0.1) is 0 Å². The van der Waals surface area contributed by atoms with Crippen LogP contribution in [0.3, 0.4) is 0 Å². The molecule has 0 aromatic carbocycles. The van der Waals surface area contributed by atoms with Crippen molar-refractivity contribution in [1.82, 2.24) is 9.55 Å². The van der Waals surface area contributed by atoms with Gasteiger partial charge in [0.25, 0.3) is 0 Å². The van der Waals surface area contributed by atoms with E-state index >= 15 is 0 Å². The average molecular weight is 200 g/mol. The van der Waals surface area contributed by atoms with Gasteiger partial charge in [0.05, 0.1) is 0 Å². The first-order chi connectivity index (χ1) is 7.25. The van der Waals surface area contributed by atoms with Crippen LogP contribution in [0.5, 0.6) is 0 Å². The quantitative estimate of drug-likeness (QED) is 0.738. The first-order valence-electron chi connectivity index (χ1n) is 4.81. The van der Waals surface area contributed by atoms with Gasteiger partial charge in [0.2, 0.25) is 0 Å². The maximum atomic E-state index is 11.2. The second-order valence-electron chi connectivity index (χ2n) is 3.52. The van der Waals surface area contributed by atoms with Gasteiger partial charge in [-0.1, -0.05) is 0 Å². The molecule has 2 aromatic heterocycles. The molecule has 0 radical (unpaired) electrons. The number of rotatable bonds is 2. The smallest absolute Gasteiger partial charge is 0.184 e. The molecule has 0 spiro atoms. The molecular formula is C12H12N2O. The summed E-state index contributed by atoms with van der Waals surface area (Å²) in [6, 6.07) is 5.53. The lowest BCUT2D eigenvalue weighted by molar-refractivity contribution is 0.781. The number of nitrogens with zero attached hydrogens (tertiary/aromatic N) is 2. The minimum absolute atomic E-state index is 0.0842. The highest BCUT2D eigenvalue weighted by atomic mass is 16.1. The highest BCUT2D eigenvalue weighted by Crippen LogP contribution is 2.00. The van der Waals surface area contributed by atoms with Gasteiger partial charge >= 0.3 is 0 Å². The minimum Gasteiger partial charge on any atom is -0.349 e. The molecule has 0 bridgehead atoms. The summed E-state index contributed by atoms with van der Waals surface area (Å²) in [6.07, 6.45) is 7.20. The summed E-state index contributed by atoms with van der Waals surface area (Å²) in [4.78, 5) is 15.2. The minimum atomic E-state index is 0.0842. The first kappa shape index (κ1) is 9.65. The molecule has 3 nitrogen and oxygen atoms in total. The van der Waals surface area contributed by atoms with Gasteiger partial charge in [0, 0.05) is 43.0 Å². The molecule has 0 atom stereocenters. The third-order valence-corrected chi connectivity index (χ3v) is 2.28. The van der Waals surface area contributed by atoms with Gasteiger partial charge in [-0.25, -0.2) is 0 Å². The summed E-state index contributed by atoms with van der Waals surface area (Å²) >= 11 is 0. The van der Waals surface area contributed by atoms with Crippen molar-refractivity contribution in [1.29, 1.82) is 0 Å². The van der Waals surface area contributed by atoms with Crippen molar-refractivity contribution in [3.8, 4) is 0 Å². The second-order valence-corrected chi connectivity index (χ2v) is 3.52. The van der Waals surface area contributed by atoms with E-state index in [2.05, 4.69) is 4.98 Å². The van der Waals surface area contributed by atoms with E-state index in [1.807, 2.05) is 29.8 Å². The molecule has 15 heavy (non-hydrogen) atoms. The molecule has 0 aliphatic heterocycles. The van der Waals surface area contributed by atoms with Crippen molar-refractivity contribution >= 4 is 0 Å². The summed E-state index contributed by atoms with van der Waals surface area (Å²) in [5, 5.41) is 0. The third-order valence-electron chi connectivity index (χ3n) is 2.28. The summed E-state index contributed by atoms with van der Waals surface area (Å²) in [5.74, 6) is 0. The molecule has 2 heterocycles. The zero-order valence-electron chi connectivity index (χ0n) is 8.55. The predicted octanol–water partition coefficient (Wildman–Crippen LogP) is 1.60. The first-order valence-corrected chi connectivity index (χ1v) is 4.81. The average Bonchev–Trinajstić information content (AvgIpc) is 2.25. The zero-order valence-corrected chi connectivity index (χ0v) is 8.55. The Bertz CT molecular complexity index is 503. The third kappa shape index (κ3) is 2.31. The van der Waals surface area contributed by atoms with Crippen molar-refractivity contribution in [3.05, 3.63) is 64.3 Å². The Morgan fingerprint density at radius 1 is 1.27 bits per heavy atom. The molecule has 0 amide bonds. The Labute approximate surface area is 88.0 Å². The molecule has 0 fully saturated rings. The fourth-order valence-corrected chi connectivity index (χ4v) is 1.45. The van der Waals surface area contributed by atoms with Crippen LogP contribution in [0.25, 0.3) is 0 Å². The van der Waals surface area contributed by atoms with Gasteiger partial charge < -0.3 is 4.57 Å². The van der Waals surface area contributed by atoms with E-state index in [9.17, 15) is 4.79 Å². The van der Waals surface area contributed by atoms with Crippen LogP contribution in [0.1, 0.15) is 11.1 Å². The lowest BCUT2D eigenvalue weighted by Crippen LogP contribution is -2.09. The Hall–Kier alpha value is -1.90. The predicted molar refractivity (Wildman–Crippen MR) is 58.8 cm³/mol. The van der Waals surface area contributed by atoms with Gasteiger partial charge in [0.1, 0.15) is 0 Å². The molecule has 0 saturated heterocycles. The molecule has 0 saturated carbocycles. The van der Waals surface area contributed by atoms with E-state index in [-0.39, 0.29) is 5.43 Å². The Morgan fingerprint density at radius 3 is 2.67 bits per heavy atom. The highest BCUT2D eigenvalue weighted by molar-refractivity contribution is 5.13. The number of hydrogen-bond acceptors (Lipinski definition) is 2. The standard InChI is InChI=1S/C12H12N2O/c1-10-8-14(7-4-12(10)15)9-11-2-5-13-6-3-11/h2-8H,9H2,1H3. The Balaban J connectivity index is 2.26. The molecule has 76 valence electrons. The van der Waals surface area contributed by atoms with Crippen LogP contribution < -0.4 is 5.43 Å². The molecule has 0 aliphatic carbocycles. The lowest BCUT2D eigenvalue weighted by Gasteiger charge is -2.06. The van der Waals surface area contributed by atoms with Gasteiger partial charge in [0.15, 0.2) is 5.43 Å². The summed E-state index contributed by atoms with van der Waals surface area (Å²) in [6.45, 7) is 2.59. The van der Waals surface area contributed by atoms with Crippen molar-refractivity contribution in [2.24, 2.45) is 0 Å². The van der Waals surface area contributed by atoms with E-state index < -0.39 is 0 Å². The van der Waals surface area contributed by atoms with E-state index in [4.69, 9.17) is 0 Å². The molecule has 2 rings (SSSR count). The van der Waals surface area contributed by atoms with Crippen LogP contribution in [0.4, 0.5) is 0 Å². The van der Waals surface area contributed by atoms with Crippen LogP contribution in [0.15, 0.2) is 47.8 Å². The molecule has 0 unspecified atom stereocenters. The monoisotopic (exact) mass is 200 g/mol. The fourth-order valence-electron chi connectivity index (χ4n) is 1.45. The van der Waals surface area contributed by atoms with Crippen LogP contribution in [0, 0.1) is 6.92 Å². The summed E-state index contributed by atoms with van der Waals surface area (Å²) < 4.78 is 1.99. The molecule has 2 aromatic rings. The topological polar surface area (TPSA) is 34.9 Å². The largest absolute Gasteiger partial charge is 0.349 e. The SMILES string of the molecule is Cc1cn(Cc2ccncc2)ccc1=O. The van der Waals surface area contributed by atoms with Crippen molar-refractivity contribution in [2.45, 2.75) is 13.5 Å². The van der Waals surface area contributed by atoms with E-state index in [1.165, 1.54) is 5.56 Å². The number of hydrogen-bond donors (Lipinski definition) is 0. The van der Waals surface area contributed by atoms with Gasteiger partial charge in [-0.05, 0) is 24.6 Å². The molecular weight excluding hydrogens is 188 g/mol. The molecule has 3 heteroatoms. The lowest BCUT2D eigenvalue weighted by atomic mass is 10.2. The van der Waals surface area contributed by atoms with Crippen molar-refractivity contribution < 1.29 is 0 Å². The van der Waals surface area contributed by atoms with E-state index in [0.717, 1.165) is 12.1 Å². The van der Waals surface area contributed by atoms with Crippen molar-refractivity contribution in [3.63, 3.8) is 0 Å². The zero-order chi connectivity index (χ0) is 10.7. The van der Waals surface area contributed by atoms with Crippen LogP contribution in [-0.4, -0.2) is 9.55 Å². The highest BCUT2D eigenvalue weighted by Gasteiger charge is 1.95. The van der Waals surface area contributed by atoms with E-state index in [0.29, 0.717) is 0 Å². The van der Waals surface area contributed by atoms with Gasteiger partial charge in [-0.2, -0.15) is 0 Å². The molecule has 0 aliphatic rings. The van der Waals surface area contributed by atoms with Crippen molar-refractivity contribution in [2.75, 3.05) is 0 Å². The number of aryl methyl sites for hydroxylation is 1. The Kier molecular flexibility index (Phi) is 2.63. The number of aromatic nitrogens is 2. The Morgan fingerprint density at radius 2 is 2.00 bits per heavy atom. The molecule has 0 N–H and O–H groups in total. The maximum Gasteiger partial charge on any atom is 0.184 e. The normalized spacial score (nSPS) is 10.2. The maximum absolute atomic E-state index is 11.2. The fraction of sp³-hybridized carbons (Fsp3) is 0.167. The van der Waals surface area contributed by atoms with Crippen LogP contribution in [-0.2, 0) is 6.54 Å².